The fourth-order valence-electron chi connectivity index (χ4n) is 2.36. The minimum Gasteiger partial charge on any atom is -0.311 e. The molecule has 0 aliphatic carbocycles. The Morgan fingerprint density at radius 1 is 1.65 bits per heavy atom. The van der Waals surface area contributed by atoms with E-state index < -0.39 is 0 Å². The van der Waals surface area contributed by atoms with E-state index in [0.29, 0.717) is 6.04 Å². The van der Waals surface area contributed by atoms with Gasteiger partial charge in [0.25, 0.3) is 0 Å². The molecule has 3 nitrogen and oxygen atoms in total. The van der Waals surface area contributed by atoms with Crippen LogP contribution in [0.4, 0.5) is 0 Å². The minimum atomic E-state index is 0.270. The molecule has 0 bridgehead atoms. The smallest absolute Gasteiger partial charge is 0.107 e. The predicted octanol–water partition coefficient (Wildman–Crippen LogP) is 2.41. The zero-order valence-corrected chi connectivity index (χ0v) is 12.1. The third-order valence-corrected chi connectivity index (χ3v) is 4.79. The van der Waals surface area contributed by atoms with Crippen LogP contribution in [0.15, 0.2) is 5.38 Å². The number of nitrogens with one attached hydrogen (secondary N) is 1. The van der Waals surface area contributed by atoms with Crippen LogP contribution in [-0.2, 0) is 6.54 Å². The first-order chi connectivity index (χ1) is 8.03. The Balaban J connectivity index is 2.10. The van der Waals surface area contributed by atoms with E-state index in [9.17, 15) is 0 Å². The molecule has 1 aromatic heterocycles. The molecule has 0 spiro atoms. The number of piperazine rings is 1. The van der Waals surface area contributed by atoms with E-state index in [0.717, 1.165) is 25.3 Å². The molecule has 1 aliphatic rings. The third-order valence-electron chi connectivity index (χ3n) is 3.84. The summed E-state index contributed by atoms with van der Waals surface area (Å²) in [6, 6.07) is 0.579. The first-order valence-corrected chi connectivity index (χ1v) is 7.31. The van der Waals surface area contributed by atoms with Crippen LogP contribution in [-0.4, -0.2) is 34.6 Å². The number of hydrogen-bond donors (Lipinski definition) is 1. The van der Waals surface area contributed by atoms with Crippen molar-refractivity contribution in [1.29, 1.82) is 0 Å². The lowest BCUT2D eigenvalue weighted by Gasteiger charge is -2.47. The van der Waals surface area contributed by atoms with Crippen LogP contribution >= 0.6 is 11.3 Å². The van der Waals surface area contributed by atoms with Gasteiger partial charge in [-0.05, 0) is 27.2 Å². The van der Waals surface area contributed by atoms with Gasteiger partial charge in [-0.1, -0.05) is 6.92 Å². The molecule has 1 aliphatic heterocycles. The van der Waals surface area contributed by atoms with Gasteiger partial charge >= 0.3 is 0 Å². The van der Waals surface area contributed by atoms with Crippen molar-refractivity contribution < 1.29 is 0 Å². The maximum Gasteiger partial charge on any atom is 0.107 e. The number of aryl methyl sites for hydroxylation is 1. The summed E-state index contributed by atoms with van der Waals surface area (Å²) in [5, 5.41) is 6.98. The molecule has 1 fully saturated rings. The second kappa shape index (κ2) is 5.04. The van der Waals surface area contributed by atoms with E-state index >= 15 is 0 Å². The number of thiazole rings is 1. The average Bonchev–Trinajstić information content (AvgIpc) is 2.70. The van der Waals surface area contributed by atoms with Crippen LogP contribution in [0, 0.1) is 6.92 Å². The van der Waals surface area contributed by atoms with Crippen molar-refractivity contribution in [1.82, 2.24) is 15.2 Å². The molecule has 2 rings (SSSR count). The van der Waals surface area contributed by atoms with Crippen molar-refractivity contribution in [3.63, 3.8) is 0 Å². The van der Waals surface area contributed by atoms with Gasteiger partial charge in [-0.2, -0.15) is 0 Å². The molecule has 2 heterocycles. The molecule has 1 aromatic rings. The van der Waals surface area contributed by atoms with Crippen molar-refractivity contribution in [3.05, 3.63) is 16.1 Å². The lowest BCUT2D eigenvalue weighted by atomic mass is 9.92. The number of rotatable bonds is 3. The van der Waals surface area contributed by atoms with Crippen LogP contribution in [0.1, 0.15) is 37.9 Å². The summed E-state index contributed by atoms with van der Waals surface area (Å²) >= 11 is 1.78. The van der Waals surface area contributed by atoms with Gasteiger partial charge in [0, 0.05) is 35.7 Å². The molecular weight excluding hydrogens is 230 g/mol. The van der Waals surface area contributed by atoms with Gasteiger partial charge in [0.1, 0.15) is 5.01 Å². The summed E-state index contributed by atoms with van der Waals surface area (Å²) in [6.45, 7) is 12.1. The van der Waals surface area contributed by atoms with Gasteiger partial charge in [-0.25, -0.2) is 4.98 Å². The molecule has 0 aromatic carbocycles. The maximum absolute atomic E-state index is 4.59. The molecule has 0 radical (unpaired) electrons. The van der Waals surface area contributed by atoms with Gasteiger partial charge < -0.3 is 5.32 Å². The Bertz CT molecular complexity index is 376. The second-order valence-corrected chi connectivity index (χ2v) is 6.34. The molecule has 0 amide bonds. The number of aromatic nitrogens is 1. The van der Waals surface area contributed by atoms with Gasteiger partial charge in [0.2, 0.25) is 0 Å². The summed E-state index contributed by atoms with van der Waals surface area (Å²) < 4.78 is 0. The molecule has 96 valence electrons. The zero-order valence-electron chi connectivity index (χ0n) is 11.3. The molecule has 1 N–H and O–H groups in total. The Morgan fingerprint density at radius 2 is 2.41 bits per heavy atom. The monoisotopic (exact) mass is 253 g/mol. The summed E-state index contributed by atoms with van der Waals surface area (Å²) in [6.07, 6.45) is 1.18. The lowest BCUT2D eigenvalue weighted by molar-refractivity contribution is 0.0452. The summed E-state index contributed by atoms with van der Waals surface area (Å²) in [4.78, 5) is 7.18. The van der Waals surface area contributed by atoms with E-state index in [4.69, 9.17) is 0 Å². The molecule has 4 heteroatoms. The van der Waals surface area contributed by atoms with Crippen molar-refractivity contribution in [2.24, 2.45) is 0 Å². The largest absolute Gasteiger partial charge is 0.311 e. The highest BCUT2D eigenvalue weighted by molar-refractivity contribution is 7.09. The van der Waals surface area contributed by atoms with Crippen LogP contribution in [0.2, 0.25) is 0 Å². The first kappa shape index (κ1) is 13.0. The van der Waals surface area contributed by atoms with E-state index in [-0.39, 0.29) is 5.54 Å². The number of hydrogen-bond acceptors (Lipinski definition) is 4. The lowest BCUT2D eigenvalue weighted by Crippen LogP contribution is -2.61. The maximum atomic E-state index is 4.59. The fourth-order valence-corrected chi connectivity index (χ4v) is 3.15. The zero-order chi connectivity index (χ0) is 12.5. The SMILES string of the molecule is CCC1(C)CNC(C)CN1Cc1nc(C)cs1. The Morgan fingerprint density at radius 3 is 3.00 bits per heavy atom. The van der Waals surface area contributed by atoms with Crippen molar-refractivity contribution in [3.8, 4) is 0 Å². The predicted molar refractivity (Wildman–Crippen MR) is 73.4 cm³/mol. The van der Waals surface area contributed by atoms with Gasteiger partial charge in [0.15, 0.2) is 0 Å². The highest BCUT2D eigenvalue weighted by Crippen LogP contribution is 2.25. The van der Waals surface area contributed by atoms with E-state index in [1.54, 1.807) is 11.3 Å². The highest BCUT2D eigenvalue weighted by atomic mass is 32.1. The van der Waals surface area contributed by atoms with Crippen LogP contribution in [0.25, 0.3) is 0 Å². The first-order valence-electron chi connectivity index (χ1n) is 6.43. The van der Waals surface area contributed by atoms with Crippen molar-refractivity contribution in [2.45, 2.75) is 52.2 Å². The van der Waals surface area contributed by atoms with E-state index in [1.165, 1.54) is 11.4 Å². The van der Waals surface area contributed by atoms with Gasteiger partial charge in [-0.3, -0.25) is 4.90 Å². The van der Waals surface area contributed by atoms with E-state index in [1.807, 2.05) is 0 Å². The van der Waals surface area contributed by atoms with Crippen molar-refractivity contribution in [2.75, 3.05) is 13.1 Å². The summed E-state index contributed by atoms with van der Waals surface area (Å²) in [5.74, 6) is 0. The molecule has 17 heavy (non-hydrogen) atoms. The summed E-state index contributed by atoms with van der Waals surface area (Å²) in [7, 11) is 0. The topological polar surface area (TPSA) is 28.2 Å². The Hall–Kier alpha value is -0.450. The third kappa shape index (κ3) is 2.87. The standard InChI is InChI=1S/C13H23N3S/c1-5-13(4)9-14-10(2)6-16(13)7-12-15-11(3)8-17-12/h8,10,14H,5-7,9H2,1-4H3. The highest BCUT2D eigenvalue weighted by Gasteiger charge is 2.35. The van der Waals surface area contributed by atoms with Gasteiger partial charge in [-0.15, -0.1) is 11.3 Å². The molecule has 0 saturated carbocycles. The van der Waals surface area contributed by atoms with Crippen LogP contribution in [0.5, 0.6) is 0 Å². The molecular formula is C13H23N3S. The normalized spacial score (nSPS) is 30.7. The van der Waals surface area contributed by atoms with Crippen LogP contribution in [0.3, 0.4) is 0 Å². The molecule has 2 atom stereocenters. The Labute approximate surface area is 108 Å². The van der Waals surface area contributed by atoms with Crippen LogP contribution < -0.4 is 5.32 Å². The second-order valence-electron chi connectivity index (χ2n) is 5.40. The summed E-state index contributed by atoms with van der Waals surface area (Å²) in [5.41, 5.74) is 1.41. The quantitative estimate of drug-likeness (QED) is 0.896. The number of nitrogens with zero attached hydrogens (tertiary/aromatic N) is 2. The van der Waals surface area contributed by atoms with Gasteiger partial charge in [0.05, 0.1) is 6.54 Å². The van der Waals surface area contributed by atoms with Crippen molar-refractivity contribution >= 4 is 11.3 Å². The minimum absolute atomic E-state index is 0.270. The van der Waals surface area contributed by atoms with E-state index in [2.05, 4.69) is 48.3 Å². The fraction of sp³-hybridized carbons (Fsp3) is 0.769. The average molecular weight is 253 g/mol. The molecule has 1 saturated heterocycles. The molecule has 2 unspecified atom stereocenters. The Kier molecular flexibility index (Phi) is 3.85.